The van der Waals surface area contributed by atoms with E-state index in [1.807, 2.05) is 36.5 Å². The number of rotatable bonds is 6. The Balaban J connectivity index is 2.24. The van der Waals surface area contributed by atoms with E-state index in [1.165, 1.54) is 5.03 Å². The lowest BCUT2D eigenvalue weighted by atomic mass is 10.5. The normalized spacial score (nSPS) is 10.4. The molecule has 1 heterocycles. The van der Waals surface area contributed by atoms with E-state index >= 15 is 0 Å². The van der Waals surface area contributed by atoms with E-state index in [0.29, 0.717) is 0 Å². The molecule has 0 bridgehead atoms. The maximum absolute atomic E-state index is 4.29. The van der Waals surface area contributed by atoms with E-state index in [2.05, 4.69) is 23.1 Å². The van der Waals surface area contributed by atoms with Gasteiger partial charge in [0.05, 0.1) is 10.7 Å². The van der Waals surface area contributed by atoms with E-state index in [-0.39, 0.29) is 0 Å². The van der Waals surface area contributed by atoms with Crippen molar-refractivity contribution >= 4 is 11.8 Å². The number of aromatic nitrogens is 2. The molecule has 0 aliphatic rings. The molecule has 0 saturated carbocycles. The lowest BCUT2D eigenvalue weighted by Gasteiger charge is -2.01. The zero-order valence-corrected chi connectivity index (χ0v) is 9.60. The summed E-state index contributed by atoms with van der Waals surface area (Å²) in [6, 6.07) is 2.11. The van der Waals surface area contributed by atoms with Crippen molar-refractivity contribution in [3.8, 4) is 0 Å². The van der Waals surface area contributed by atoms with Crippen LogP contribution < -0.4 is 5.32 Å². The fraction of sp³-hybridized carbons (Fsp3) is 0.500. The van der Waals surface area contributed by atoms with Crippen molar-refractivity contribution in [1.82, 2.24) is 15.1 Å². The summed E-state index contributed by atoms with van der Waals surface area (Å²) < 4.78 is 1.92. The lowest BCUT2D eigenvalue weighted by Crippen LogP contribution is -2.16. The minimum absolute atomic E-state index is 0.880. The van der Waals surface area contributed by atoms with Crippen molar-refractivity contribution in [2.75, 3.05) is 18.8 Å². The summed E-state index contributed by atoms with van der Waals surface area (Å²) in [5, 5.41) is 8.77. The van der Waals surface area contributed by atoms with Crippen LogP contribution in [0, 0.1) is 6.92 Å². The van der Waals surface area contributed by atoms with Gasteiger partial charge in [-0.2, -0.15) is 5.10 Å². The van der Waals surface area contributed by atoms with E-state index < -0.39 is 0 Å². The van der Waals surface area contributed by atoms with Crippen molar-refractivity contribution < 1.29 is 0 Å². The Labute approximate surface area is 89.6 Å². The molecule has 0 radical (unpaired) electrons. The van der Waals surface area contributed by atoms with E-state index in [1.54, 1.807) is 0 Å². The molecule has 0 spiro atoms. The molecule has 3 nitrogen and oxygen atoms in total. The summed E-state index contributed by atoms with van der Waals surface area (Å²) in [6.45, 7) is 7.55. The van der Waals surface area contributed by atoms with Crippen molar-refractivity contribution in [1.29, 1.82) is 0 Å². The molecule has 1 rings (SSSR count). The van der Waals surface area contributed by atoms with Gasteiger partial charge in [-0.1, -0.05) is 6.08 Å². The number of hydrogen-bond acceptors (Lipinski definition) is 3. The molecule has 0 atom stereocenters. The first-order valence-corrected chi connectivity index (χ1v) is 5.67. The predicted octanol–water partition coefficient (Wildman–Crippen LogP) is 1.60. The molecule has 78 valence electrons. The summed E-state index contributed by atoms with van der Waals surface area (Å²) in [5.74, 6) is 1.06. The van der Waals surface area contributed by atoms with E-state index in [4.69, 9.17) is 0 Å². The highest BCUT2D eigenvalue weighted by molar-refractivity contribution is 7.99. The van der Waals surface area contributed by atoms with Crippen molar-refractivity contribution in [2.24, 2.45) is 7.05 Å². The predicted molar refractivity (Wildman–Crippen MR) is 61.7 cm³/mol. The van der Waals surface area contributed by atoms with Gasteiger partial charge in [-0.15, -0.1) is 18.3 Å². The SMILES string of the molecule is C=CCNCCSc1cc(C)nn1C. The summed E-state index contributed by atoms with van der Waals surface area (Å²) in [7, 11) is 1.98. The van der Waals surface area contributed by atoms with E-state index in [0.717, 1.165) is 24.5 Å². The monoisotopic (exact) mass is 211 g/mol. The van der Waals surface area contributed by atoms with Crippen molar-refractivity contribution in [3.05, 3.63) is 24.4 Å². The third kappa shape index (κ3) is 3.55. The van der Waals surface area contributed by atoms with Crippen LogP contribution in [-0.2, 0) is 7.05 Å². The Morgan fingerprint density at radius 1 is 1.71 bits per heavy atom. The van der Waals surface area contributed by atoms with Gasteiger partial charge in [-0.25, -0.2) is 0 Å². The van der Waals surface area contributed by atoms with Gasteiger partial charge in [-0.05, 0) is 13.0 Å². The average Bonchev–Trinajstić information content (AvgIpc) is 2.45. The second-order valence-corrected chi connectivity index (χ2v) is 4.20. The number of thioether (sulfide) groups is 1. The Hall–Kier alpha value is -0.740. The zero-order valence-electron chi connectivity index (χ0n) is 8.79. The molecule has 0 aromatic carbocycles. The first-order chi connectivity index (χ1) is 6.74. The summed E-state index contributed by atoms with van der Waals surface area (Å²) in [6.07, 6.45) is 1.87. The lowest BCUT2D eigenvalue weighted by molar-refractivity contribution is 0.691. The van der Waals surface area contributed by atoms with Gasteiger partial charge in [0, 0.05) is 25.9 Å². The van der Waals surface area contributed by atoms with Crippen LogP contribution in [0.5, 0.6) is 0 Å². The van der Waals surface area contributed by atoms with Crippen LogP contribution in [0.1, 0.15) is 5.69 Å². The van der Waals surface area contributed by atoms with Gasteiger partial charge in [0.2, 0.25) is 0 Å². The van der Waals surface area contributed by atoms with Crippen LogP contribution in [0.4, 0.5) is 0 Å². The first-order valence-electron chi connectivity index (χ1n) is 4.69. The Kier molecular flexibility index (Phi) is 4.76. The topological polar surface area (TPSA) is 29.9 Å². The van der Waals surface area contributed by atoms with Gasteiger partial charge < -0.3 is 5.32 Å². The molecule has 1 N–H and O–H groups in total. The fourth-order valence-electron chi connectivity index (χ4n) is 1.15. The average molecular weight is 211 g/mol. The largest absolute Gasteiger partial charge is 0.312 e. The Bertz CT molecular complexity index is 294. The highest BCUT2D eigenvalue weighted by Gasteiger charge is 2.01. The quantitative estimate of drug-likeness (QED) is 0.440. The number of aryl methyl sites for hydroxylation is 2. The summed E-state index contributed by atoms with van der Waals surface area (Å²) in [4.78, 5) is 0. The molecule has 0 unspecified atom stereocenters. The molecule has 0 fully saturated rings. The molecule has 14 heavy (non-hydrogen) atoms. The second kappa shape index (κ2) is 5.88. The minimum Gasteiger partial charge on any atom is -0.312 e. The Morgan fingerprint density at radius 2 is 2.50 bits per heavy atom. The van der Waals surface area contributed by atoms with Crippen LogP contribution in [0.15, 0.2) is 23.7 Å². The standard InChI is InChI=1S/C10H17N3S/c1-4-5-11-6-7-14-10-8-9(2)12-13(10)3/h4,8,11H,1,5-7H2,2-3H3. The van der Waals surface area contributed by atoms with Crippen LogP contribution in [0.25, 0.3) is 0 Å². The molecule has 1 aromatic rings. The van der Waals surface area contributed by atoms with Gasteiger partial charge in [0.25, 0.3) is 0 Å². The molecule has 0 saturated heterocycles. The molecule has 0 aliphatic heterocycles. The van der Waals surface area contributed by atoms with Crippen LogP contribution in [0.3, 0.4) is 0 Å². The third-order valence-corrected chi connectivity index (χ3v) is 2.86. The molecule has 4 heteroatoms. The molecular weight excluding hydrogens is 194 g/mol. The zero-order chi connectivity index (χ0) is 10.4. The van der Waals surface area contributed by atoms with Gasteiger partial charge in [-0.3, -0.25) is 4.68 Å². The van der Waals surface area contributed by atoms with Crippen molar-refractivity contribution in [3.63, 3.8) is 0 Å². The first kappa shape index (κ1) is 11.3. The number of nitrogens with one attached hydrogen (secondary N) is 1. The third-order valence-electron chi connectivity index (χ3n) is 1.78. The maximum Gasteiger partial charge on any atom is 0.0939 e. The van der Waals surface area contributed by atoms with Crippen LogP contribution in [-0.4, -0.2) is 28.6 Å². The maximum atomic E-state index is 4.29. The van der Waals surface area contributed by atoms with Crippen LogP contribution >= 0.6 is 11.8 Å². The van der Waals surface area contributed by atoms with Crippen molar-refractivity contribution in [2.45, 2.75) is 11.9 Å². The fourth-order valence-corrected chi connectivity index (χ4v) is 2.09. The van der Waals surface area contributed by atoms with Crippen LogP contribution in [0.2, 0.25) is 0 Å². The molecule has 0 amide bonds. The smallest absolute Gasteiger partial charge is 0.0939 e. The second-order valence-electron chi connectivity index (χ2n) is 3.09. The summed E-state index contributed by atoms with van der Waals surface area (Å²) >= 11 is 1.82. The highest BCUT2D eigenvalue weighted by atomic mass is 32.2. The molecule has 1 aromatic heterocycles. The van der Waals surface area contributed by atoms with Gasteiger partial charge in [0.15, 0.2) is 0 Å². The van der Waals surface area contributed by atoms with E-state index in [9.17, 15) is 0 Å². The number of nitrogens with zero attached hydrogens (tertiary/aromatic N) is 2. The molecule has 0 aliphatic carbocycles. The highest BCUT2D eigenvalue weighted by Crippen LogP contribution is 2.17. The summed E-state index contributed by atoms with van der Waals surface area (Å²) in [5.41, 5.74) is 1.08. The molecular formula is C10H17N3S. The van der Waals surface area contributed by atoms with Gasteiger partial charge in [0.1, 0.15) is 0 Å². The number of hydrogen-bond donors (Lipinski definition) is 1. The minimum atomic E-state index is 0.880. The van der Waals surface area contributed by atoms with Gasteiger partial charge >= 0.3 is 0 Å². The Morgan fingerprint density at radius 3 is 3.07 bits per heavy atom.